The average Bonchev–Trinajstić information content (AvgIpc) is 1.79. The van der Waals surface area contributed by atoms with Gasteiger partial charge in [0.25, 0.3) is 0 Å². The maximum absolute atomic E-state index is 12.5. The van der Waals surface area contributed by atoms with Crippen molar-refractivity contribution in [3.05, 3.63) is 158 Å². The summed E-state index contributed by atoms with van der Waals surface area (Å²) in [7, 11) is 6.92. The lowest BCUT2D eigenvalue weighted by atomic mass is 9.72. The van der Waals surface area contributed by atoms with Crippen LogP contribution in [-0.2, 0) is 39.4 Å². The van der Waals surface area contributed by atoms with E-state index >= 15 is 0 Å². The number of alkyl carbamates (subject to hydrolysis) is 2. The molecule has 4 aromatic carbocycles. The zero-order valence-electron chi connectivity index (χ0n) is 60.0. The van der Waals surface area contributed by atoms with Gasteiger partial charge in [0.2, 0.25) is 23.5 Å². The molecule has 2 saturated carbocycles. The van der Waals surface area contributed by atoms with Crippen molar-refractivity contribution in [2.75, 3.05) is 74.8 Å². The largest absolute Gasteiger partial charge is 0.494 e. The third-order valence-corrected chi connectivity index (χ3v) is 19.5. The van der Waals surface area contributed by atoms with Crippen LogP contribution in [-0.4, -0.2) is 138 Å². The molecule has 5 fully saturated rings. The predicted octanol–water partition coefficient (Wildman–Crippen LogP) is 14.2. The molecule has 0 unspecified atom stereocenters. The molecule has 100 heavy (non-hydrogen) atoms. The number of pyridine rings is 2. The van der Waals surface area contributed by atoms with E-state index in [2.05, 4.69) is 93.0 Å². The van der Waals surface area contributed by atoms with Crippen molar-refractivity contribution in [2.24, 2.45) is 11.8 Å². The number of hydrogen-bond donors (Lipinski definition) is 4. The first-order chi connectivity index (χ1) is 47.0. The van der Waals surface area contributed by atoms with Gasteiger partial charge >= 0.3 is 30.7 Å². The average molecular weight is 1390 g/mol. The molecule has 2 aliphatic carbocycles. The fraction of sp³-hybridized carbons (Fsp3) is 0.486. The summed E-state index contributed by atoms with van der Waals surface area (Å²) in [5.41, 5.74) is 4.79. The van der Waals surface area contributed by atoms with E-state index in [1.54, 1.807) is 42.1 Å². The molecule has 0 radical (unpaired) electrons. The Balaban J connectivity index is 0.000000184. The maximum atomic E-state index is 12.5. The van der Waals surface area contributed by atoms with Gasteiger partial charge in [0, 0.05) is 107 Å². The lowest BCUT2D eigenvalue weighted by Gasteiger charge is -2.43. The number of hydrogen-bond acceptors (Lipinski definition) is 18. The van der Waals surface area contributed by atoms with Crippen molar-refractivity contribution in [3.8, 4) is 11.3 Å². The van der Waals surface area contributed by atoms with Crippen LogP contribution >= 0.6 is 11.6 Å². The predicted molar refractivity (Wildman–Crippen MR) is 391 cm³/mol. The number of ether oxygens (including phenoxy) is 2. The van der Waals surface area contributed by atoms with Gasteiger partial charge in [-0.25, -0.2) is 19.6 Å². The summed E-state index contributed by atoms with van der Waals surface area (Å²) < 4.78 is 23.2. The Kier molecular flexibility index (Phi) is 23.2. The Morgan fingerprint density at radius 3 is 1.36 bits per heavy atom. The van der Waals surface area contributed by atoms with Crippen molar-refractivity contribution >= 4 is 93.9 Å². The number of benzene rings is 4. The molecule has 11 rings (SSSR count). The Bertz CT molecular complexity index is 3900. The summed E-state index contributed by atoms with van der Waals surface area (Å²) >= 11 is 5.87. The maximum Gasteiger partial charge on any atom is 0.494 e. The minimum atomic E-state index is -0.592. The van der Waals surface area contributed by atoms with Crippen molar-refractivity contribution in [1.82, 2.24) is 30.4 Å². The summed E-state index contributed by atoms with van der Waals surface area (Å²) in [4.78, 5) is 88.2. The van der Waals surface area contributed by atoms with E-state index in [0.717, 1.165) is 118 Å². The van der Waals surface area contributed by atoms with Crippen molar-refractivity contribution in [1.29, 1.82) is 0 Å². The monoisotopic (exact) mass is 1390 g/mol. The smallest absolute Gasteiger partial charge is 0.444 e. The third-order valence-electron chi connectivity index (χ3n) is 19.2. The van der Waals surface area contributed by atoms with Gasteiger partial charge < -0.3 is 59.6 Å². The molecule has 3 saturated heterocycles. The highest BCUT2D eigenvalue weighted by Gasteiger charge is 2.52. The van der Waals surface area contributed by atoms with Crippen LogP contribution < -0.4 is 36.5 Å². The van der Waals surface area contributed by atoms with Gasteiger partial charge in [0.1, 0.15) is 16.4 Å². The highest BCUT2D eigenvalue weighted by Crippen LogP contribution is 2.44. The van der Waals surface area contributed by atoms with Crippen LogP contribution in [0.25, 0.3) is 11.3 Å². The summed E-state index contributed by atoms with van der Waals surface area (Å²) in [6.07, 6.45) is 7.74. The van der Waals surface area contributed by atoms with E-state index in [-0.39, 0.29) is 70.1 Å². The molecule has 26 heteroatoms. The number of halogens is 1. The molecular formula is C74H96BClN12O12. The minimum Gasteiger partial charge on any atom is -0.444 e. The molecule has 0 spiro atoms. The topological polar surface area (TPSA) is 278 Å². The van der Waals surface area contributed by atoms with Crippen LogP contribution in [0.5, 0.6) is 0 Å². The molecular weight excluding hydrogens is 1300 g/mol. The fourth-order valence-corrected chi connectivity index (χ4v) is 12.9. The van der Waals surface area contributed by atoms with E-state index < -0.39 is 44.3 Å². The number of nitrogens with one attached hydrogen (secondary N) is 4. The zero-order chi connectivity index (χ0) is 72.7. The van der Waals surface area contributed by atoms with Crippen LogP contribution in [0.1, 0.15) is 145 Å². The molecule has 24 nitrogen and oxygen atoms in total. The van der Waals surface area contributed by atoms with Gasteiger partial charge in [0.05, 0.1) is 37.8 Å². The standard InChI is InChI=1S/C34H42N6O5.C20H31BN2O3.C20H23ClN4O4/c1-33(2,3)45-32(42)37-34(18-7-19-34)25-10-12-26(13-11-25)35-30-29(40(43)44)15-14-28(36-30)24-8-6-9-27(22-24)39-20-16-23(17-21-39)31(41)38(4)5;1-19(2)20(3,4)26-21(25-19)16-8-7-9-17(14-16)23-12-10-15(11-13-23)18(24)22(5)6;1-19(2,3)29-18(26)24-20(11-4-12-20)13-5-7-14(8-6-13)22-17-15(25(27)28)9-10-16(21)23-17/h6,8-15,22-23H,7,16-21H2,1-5H3,(H,35,36)(H,37,42);7-9,14-15H,10-13H2,1-6H3;5-10H,4,11-12H2,1-3H3,(H,22,23)(H,24,26). The normalized spacial score (nSPS) is 17.6. The molecule has 3 aliphatic heterocycles. The number of anilines is 6. The van der Waals surface area contributed by atoms with Crippen LogP contribution in [0.4, 0.5) is 55.3 Å². The van der Waals surface area contributed by atoms with Crippen molar-refractivity contribution < 1.29 is 47.8 Å². The van der Waals surface area contributed by atoms with Gasteiger partial charge in [0.15, 0.2) is 0 Å². The molecule has 5 aliphatic rings. The number of amides is 4. The highest BCUT2D eigenvalue weighted by atomic mass is 35.5. The number of piperidine rings is 2. The van der Waals surface area contributed by atoms with E-state index in [4.69, 9.17) is 30.4 Å². The van der Waals surface area contributed by atoms with Crippen molar-refractivity contribution in [3.63, 3.8) is 0 Å². The fourth-order valence-electron chi connectivity index (χ4n) is 12.8. The second kappa shape index (κ2) is 30.8. The number of aromatic nitrogens is 2. The van der Waals surface area contributed by atoms with E-state index in [1.165, 1.54) is 23.9 Å². The molecule has 534 valence electrons. The first-order valence-electron chi connectivity index (χ1n) is 34.2. The molecule has 4 amide bonds. The highest BCUT2D eigenvalue weighted by molar-refractivity contribution is 6.62. The Morgan fingerprint density at radius 1 is 0.570 bits per heavy atom. The van der Waals surface area contributed by atoms with Gasteiger partial charge in [-0.1, -0.05) is 60.1 Å². The summed E-state index contributed by atoms with van der Waals surface area (Å²) in [6.45, 7) is 22.6. The van der Waals surface area contributed by atoms with Crippen molar-refractivity contribution in [2.45, 2.75) is 167 Å². The first kappa shape index (κ1) is 75.1. The molecule has 2 aromatic heterocycles. The van der Waals surface area contributed by atoms with Crippen LogP contribution in [0.3, 0.4) is 0 Å². The number of rotatable bonds is 16. The van der Waals surface area contributed by atoms with E-state index in [1.807, 2.05) is 116 Å². The van der Waals surface area contributed by atoms with Crippen LogP contribution in [0, 0.1) is 32.1 Å². The molecule has 0 atom stereocenters. The summed E-state index contributed by atoms with van der Waals surface area (Å²) in [6, 6.07) is 37.1. The quantitative estimate of drug-likeness (QED) is 0.0303. The Hall–Kier alpha value is -9.07. The van der Waals surface area contributed by atoms with E-state index in [0.29, 0.717) is 17.1 Å². The van der Waals surface area contributed by atoms with Crippen LogP contribution in [0.2, 0.25) is 5.15 Å². The van der Waals surface area contributed by atoms with Gasteiger partial charge in [-0.15, -0.1) is 0 Å². The number of carbonyl (C=O) groups is 4. The van der Waals surface area contributed by atoms with Crippen LogP contribution in [0.15, 0.2) is 121 Å². The van der Waals surface area contributed by atoms with Gasteiger partial charge in [-0.2, -0.15) is 0 Å². The lowest BCUT2D eigenvalue weighted by Crippen LogP contribution is -2.52. The number of nitrogens with zero attached hydrogens (tertiary/aromatic N) is 8. The summed E-state index contributed by atoms with van der Waals surface area (Å²) in [5.74, 6) is 0.819. The zero-order valence-corrected chi connectivity index (χ0v) is 60.8. The van der Waals surface area contributed by atoms with E-state index in [9.17, 15) is 39.4 Å². The summed E-state index contributed by atoms with van der Waals surface area (Å²) in [5, 5.41) is 35.4. The minimum absolute atomic E-state index is 0.0407. The second-order valence-corrected chi connectivity index (χ2v) is 30.2. The van der Waals surface area contributed by atoms with Gasteiger partial charge in [-0.3, -0.25) is 29.8 Å². The van der Waals surface area contributed by atoms with Gasteiger partial charge in [-0.05, 0) is 211 Å². The molecule has 4 N–H and O–H groups in total. The molecule has 0 bridgehead atoms. The SMILES string of the molecule is CC(C)(C)OC(=O)NC1(c2ccc(Nc3nc(Cl)ccc3[N+](=O)[O-])cc2)CCC1.CN(C)C(=O)C1CCN(c2cccc(-c3ccc([N+](=O)[O-])c(Nc4ccc(C5(NC(=O)OC(C)(C)C)CCC5)cc4)n3)c2)CC1.CN(C)C(=O)C1CCN(c2cccc(B3OC(C)(C)C(C)(C)O3)c2)CC1. The molecule has 6 aromatic rings. The number of nitro groups is 2. The Morgan fingerprint density at radius 2 is 0.970 bits per heavy atom. The Labute approximate surface area is 592 Å². The lowest BCUT2D eigenvalue weighted by molar-refractivity contribution is -0.384. The second-order valence-electron chi connectivity index (χ2n) is 29.8. The third kappa shape index (κ3) is 18.7. The number of carbonyl (C=O) groups excluding carboxylic acids is 4. The first-order valence-corrected chi connectivity index (χ1v) is 34.6. The molecule has 5 heterocycles.